The summed E-state index contributed by atoms with van der Waals surface area (Å²) in [5, 5.41) is 0. The molecule has 1 spiro atoms. The first-order valence-corrected chi connectivity index (χ1v) is 12.2. The zero-order valence-electron chi connectivity index (χ0n) is 18.8. The number of benzene rings is 3. The minimum atomic E-state index is -1.41. The van der Waals surface area contributed by atoms with E-state index in [-0.39, 0.29) is 17.3 Å². The van der Waals surface area contributed by atoms with E-state index in [0.717, 1.165) is 26.9 Å². The maximum Gasteiger partial charge on any atom is 0.180 e. The predicted octanol–water partition coefficient (Wildman–Crippen LogP) is 5.78. The fourth-order valence-electron chi connectivity index (χ4n) is 6.27. The maximum atomic E-state index is 14.3. The third-order valence-electron chi connectivity index (χ3n) is 7.61. The predicted molar refractivity (Wildman–Crippen MR) is 135 cm³/mol. The van der Waals surface area contributed by atoms with Crippen molar-refractivity contribution in [3.63, 3.8) is 0 Å². The average Bonchev–Trinajstić information content (AvgIpc) is 3.27. The first kappa shape index (κ1) is 21.2. The van der Waals surface area contributed by atoms with Crippen molar-refractivity contribution < 1.29 is 14.4 Å². The monoisotopic (exact) mass is 511 g/mol. The van der Waals surface area contributed by atoms with E-state index in [0.29, 0.717) is 11.1 Å². The van der Waals surface area contributed by atoms with Gasteiger partial charge in [-0.2, -0.15) is 0 Å². The van der Waals surface area contributed by atoms with Crippen molar-refractivity contribution in [2.24, 2.45) is 5.41 Å². The SMILES string of the molecule is CC(=O)[C@H]1[C@@H](c2ccc(Br)cc2)C2(C(=O)c3ccccc3C2=O)[C@@H]2C=Cc3ccc(C)cc3N21. The van der Waals surface area contributed by atoms with Crippen LogP contribution < -0.4 is 4.90 Å². The molecule has 1 fully saturated rings. The summed E-state index contributed by atoms with van der Waals surface area (Å²) in [4.78, 5) is 44.0. The molecule has 0 N–H and O–H groups in total. The highest BCUT2D eigenvalue weighted by Crippen LogP contribution is 2.60. The van der Waals surface area contributed by atoms with E-state index < -0.39 is 23.4 Å². The molecule has 2 heterocycles. The van der Waals surface area contributed by atoms with Crippen LogP contribution in [0.25, 0.3) is 6.08 Å². The van der Waals surface area contributed by atoms with Gasteiger partial charge in [0.15, 0.2) is 17.3 Å². The number of hydrogen-bond donors (Lipinski definition) is 0. The van der Waals surface area contributed by atoms with Gasteiger partial charge < -0.3 is 4.90 Å². The maximum absolute atomic E-state index is 14.3. The molecule has 6 rings (SSSR count). The van der Waals surface area contributed by atoms with Crippen LogP contribution in [0.4, 0.5) is 5.69 Å². The Balaban J connectivity index is 1.69. The highest BCUT2D eigenvalue weighted by atomic mass is 79.9. The smallest absolute Gasteiger partial charge is 0.180 e. The van der Waals surface area contributed by atoms with Crippen LogP contribution in [0.1, 0.15) is 50.2 Å². The minimum absolute atomic E-state index is 0.0610. The second-order valence-corrected chi connectivity index (χ2v) is 10.3. The van der Waals surface area contributed by atoms with Gasteiger partial charge in [0.25, 0.3) is 0 Å². The quantitative estimate of drug-likeness (QED) is 0.409. The van der Waals surface area contributed by atoms with Crippen molar-refractivity contribution in [2.45, 2.75) is 31.8 Å². The summed E-state index contributed by atoms with van der Waals surface area (Å²) in [7, 11) is 0. The van der Waals surface area contributed by atoms with Gasteiger partial charge in [-0.3, -0.25) is 14.4 Å². The third kappa shape index (κ3) is 2.62. The number of hydrogen-bond acceptors (Lipinski definition) is 4. The molecule has 1 saturated heterocycles. The summed E-state index contributed by atoms with van der Waals surface area (Å²) in [6, 6.07) is 19.6. The summed E-state index contributed by atoms with van der Waals surface area (Å²) >= 11 is 3.49. The summed E-state index contributed by atoms with van der Waals surface area (Å²) in [6.07, 6.45) is 3.94. The summed E-state index contributed by atoms with van der Waals surface area (Å²) in [6.45, 7) is 3.58. The van der Waals surface area contributed by atoms with Gasteiger partial charge >= 0.3 is 0 Å². The van der Waals surface area contributed by atoms with E-state index >= 15 is 0 Å². The molecular formula is C29H22BrNO3. The Labute approximate surface area is 206 Å². The fourth-order valence-corrected chi connectivity index (χ4v) is 6.53. The lowest BCUT2D eigenvalue weighted by molar-refractivity contribution is -0.118. The molecule has 0 amide bonds. The van der Waals surface area contributed by atoms with Gasteiger partial charge in [-0.15, -0.1) is 0 Å². The van der Waals surface area contributed by atoms with Crippen LogP contribution in [0.3, 0.4) is 0 Å². The first-order valence-electron chi connectivity index (χ1n) is 11.4. The van der Waals surface area contributed by atoms with Crippen molar-refractivity contribution in [3.05, 3.63) is 105 Å². The zero-order valence-corrected chi connectivity index (χ0v) is 20.4. The number of carbonyl (C=O) groups excluding carboxylic acids is 3. The molecule has 0 radical (unpaired) electrons. The Morgan fingerprint density at radius 3 is 2.21 bits per heavy atom. The molecule has 5 heteroatoms. The molecule has 3 aliphatic rings. The number of rotatable bonds is 2. The number of halogens is 1. The summed E-state index contributed by atoms with van der Waals surface area (Å²) in [5.74, 6) is -1.07. The number of carbonyl (C=O) groups is 3. The van der Waals surface area contributed by atoms with E-state index in [1.54, 1.807) is 31.2 Å². The summed E-state index contributed by atoms with van der Waals surface area (Å²) in [5.41, 5.74) is 3.23. The molecule has 1 aliphatic carbocycles. The first-order chi connectivity index (χ1) is 16.4. The van der Waals surface area contributed by atoms with Gasteiger partial charge in [0.2, 0.25) is 0 Å². The Kier molecular flexibility index (Phi) is 4.59. The number of Topliss-reactive ketones (excluding diaryl/α,β-unsaturated/α-hetero) is 3. The van der Waals surface area contributed by atoms with Crippen LogP contribution in [0.2, 0.25) is 0 Å². The molecule has 168 valence electrons. The third-order valence-corrected chi connectivity index (χ3v) is 8.14. The second-order valence-electron chi connectivity index (χ2n) is 9.43. The molecular weight excluding hydrogens is 490 g/mol. The van der Waals surface area contributed by atoms with Crippen LogP contribution in [-0.2, 0) is 4.79 Å². The van der Waals surface area contributed by atoms with E-state index in [1.165, 1.54) is 0 Å². The van der Waals surface area contributed by atoms with Gasteiger partial charge in [0.05, 0.1) is 12.1 Å². The van der Waals surface area contributed by atoms with Crippen molar-refractivity contribution in [1.29, 1.82) is 0 Å². The lowest BCUT2D eigenvalue weighted by Gasteiger charge is -2.37. The Bertz CT molecular complexity index is 1390. The Morgan fingerprint density at radius 2 is 1.59 bits per heavy atom. The van der Waals surface area contributed by atoms with Gasteiger partial charge in [0.1, 0.15) is 5.41 Å². The van der Waals surface area contributed by atoms with Crippen molar-refractivity contribution >= 4 is 45.0 Å². The number of ketones is 3. The van der Waals surface area contributed by atoms with Crippen molar-refractivity contribution in [2.75, 3.05) is 4.90 Å². The van der Waals surface area contributed by atoms with Gasteiger partial charge in [0, 0.05) is 27.2 Å². The lowest BCUT2D eigenvalue weighted by Crippen LogP contribution is -2.48. The molecule has 3 aromatic rings. The molecule has 3 atom stereocenters. The van der Waals surface area contributed by atoms with Gasteiger partial charge in [-0.25, -0.2) is 0 Å². The van der Waals surface area contributed by atoms with Gasteiger partial charge in [-0.05, 0) is 48.7 Å². The largest absolute Gasteiger partial charge is 0.352 e. The Hall–Kier alpha value is -3.31. The highest BCUT2D eigenvalue weighted by molar-refractivity contribution is 9.10. The topological polar surface area (TPSA) is 54.5 Å². The van der Waals surface area contributed by atoms with E-state index in [2.05, 4.69) is 22.0 Å². The molecule has 0 unspecified atom stereocenters. The molecule has 0 saturated carbocycles. The molecule has 3 aromatic carbocycles. The molecule has 0 bridgehead atoms. The zero-order chi connectivity index (χ0) is 23.8. The number of fused-ring (bicyclic) bond motifs is 5. The standard InChI is InChI=1S/C29H22BrNO3/c1-16-7-8-18-11-14-24-29(27(33)21-5-3-4-6-22(21)28(29)34)25(19-9-12-20(30)13-10-19)26(17(2)32)31(24)23(18)15-16/h3-15,24-26H,1-2H3/t24-,25+,26-/m0/s1. The number of aryl methyl sites for hydroxylation is 1. The molecule has 2 aliphatic heterocycles. The average molecular weight is 512 g/mol. The normalized spacial score (nSPS) is 23.7. The molecule has 34 heavy (non-hydrogen) atoms. The Morgan fingerprint density at radius 1 is 0.941 bits per heavy atom. The van der Waals surface area contributed by atoms with Crippen LogP contribution in [0, 0.1) is 12.3 Å². The van der Waals surface area contributed by atoms with Crippen LogP contribution in [0.5, 0.6) is 0 Å². The van der Waals surface area contributed by atoms with E-state index in [9.17, 15) is 14.4 Å². The lowest BCUT2D eigenvalue weighted by atomic mass is 9.64. The highest BCUT2D eigenvalue weighted by Gasteiger charge is 2.71. The van der Waals surface area contributed by atoms with E-state index in [4.69, 9.17) is 0 Å². The van der Waals surface area contributed by atoms with Crippen molar-refractivity contribution in [1.82, 2.24) is 0 Å². The van der Waals surface area contributed by atoms with Crippen LogP contribution in [0.15, 0.2) is 77.3 Å². The molecule has 4 nitrogen and oxygen atoms in total. The van der Waals surface area contributed by atoms with Crippen LogP contribution in [-0.4, -0.2) is 29.4 Å². The fraction of sp³-hybridized carbons (Fsp3) is 0.207. The minimum Gasteiger partial charge on any atom is -0.352 e. The number of nitrogens with zero attached hydrogens (tertiary/aromatic N) is 1. The molecule has 0 aromatic heterocycles. The second kappa shape index (κ2) is 7.34. The van der Waals surface area contributed by atoms with Crippen molar-refractivity contribution in [3.8, 4) is 0 Å². The number of anilines is 1. The van der Waals surface area contributed by atoms with Crippen LogP contribution >= 0.6 is 15.9 Å². The van der Waals surface area contributed by atoms with E-state index in [1.807, 2.05) is 60.4 Å². The summed E-state index contributed by atoms with van der Waals surface area (Å²) < 4.78 is 0.897. The van der Waals surface area contributed by atoms with Gasteiger partial charge in [-0.1, -0.05) is 76.6 Å².